The Morgan fingerprint density at radius 3 is 2.72 bits per heavy atom. The third-order valence-corrected chi connectivity index (χ3v) is 3.97. The van der Waals surface area contributed by atoms with Gasteiger partial charge in [0.2, 0.25) is 0 Å². The van der Waals surface area contributed by atoms with Crippen molar-refractivity contribution >= 4 is 11.3 Å². The van der Waals surface area contributed by atoms with Crippen LogP contribution in [0, 0.1) is 6.92 Å². The fraction of sp³-hybridized carbons (Fsp3) is 0.375. The number of aryl methyl sites for hydroxylation is 1. The molecule has 0 amide bonds. The van der Waals surface area contributed by atoms with Crippen LogP contribution < -0.4 is 5.32 Å². The molecule has 0 radical (unpaired) electrons. The minimum atomic E-state index is 0.442. The molecule has 1 heterocycles. The molecule has 0 saturated carbocycles. The number of hydrogen-bond donors (Lipinski definition) is 1. The molecule has 1 aromatic heterocycles. The summed E-state index contributed by atoms with van der Waals surface area (Å²) < 4.78 is 0. The van der Waals surface area contributed by atoms with Crippen LogP contribution in [0.15, 0.2) is 41.1 Å². The van der Waals surface area contributed by atoms with E-state index in [9.17, 15) is 0 Å². The summed E-state index contributed by atoms with van der Waals surface area (Å²) in [5.74, 6) is 0. The molecule has 2 aromatic rings. The third-order valence-electron chi connectivity index (χ3n) is 3.27. The summed E-state index contributed by atoms with van der Waals surface area (Å²) in [6.45, 7) is 5.48. The highest BCUT2D eigenvalue weighted by atomic mass is 32.1. The van der Waals surface area contributed by atoms with Crippen molar-refractivity contribution in [2.24, 2.45) is 0 Å². The molecular weight excluding hydrogens is 238 g/mol. The van der Waals surface area contributed by atoms with Gasteiger partial charge in [-0.05, 0) is 59.8 Å². The lowest BCUT2D eigenvalue weighted by Gasteiger charge is -2.18. The average molecular weight is 259 g/mol. The Hall–Kier alpha value is -1.12. The van der Waals surface area contributed by atoms with Gasteiger partial charge >= 0.3 is 0 Å². The van der Waals surface area contributed by atoms with E-state index in [1.807, 2.05) is 0 Å². The highest BCUT2D eigenvalue weighted by Gasteiger charge is 2.12. The molecule has 1 nitrogen and oxygen atoms in total. The highest BCUT2D eigenvalue weighted by Crippen LogP contribution is 2.22. The van der Waals surface area contributed by atoms with Crippen LogP contribution in [0.4, 0.5) is 0 Å². The maximum absolute atomic E-state index is 3.65. The van der Waals surface area contributed by atoms with E-state index in [0.29, 0.717) is 6.04 Å². The number of thiophene rings is 1. The summed E-state index contributed by atoms with van der Waals surface area (Å²) in [5, 5.41) is 8.07. The fourth-order valence-corrected chi connectivity index (χ4v) is 2.87. The smallest absolute Gasteiger partial charge is 0.0369 e. The highest BCUT2D eigenvalue weighted by molar-refractivity contribution is 7.07. The monoisotopic (exact) mass is 259 g/mol. The minimum absolute atomic E-state index is 0.442. The number of benzene rings is 1. The van der Waals surface area contributed by atoms with Crippen LogP contribution in [-0.4, -0.2) is 6.54 Å². The van der Waals surface area contributed by atoms with E-state index in [2.05, 4.69) is 60.3 Å². The van der Waals surface area contributed by atoms with Gasteiger partial charge in [0.15, 0.2) is 0 Å². The quantitative estimate of drug-likeness (QED) is 0.813. The normalized spacial score (nSPS) is 12.6. The van der Waals surface area contributed by atoms with Gasteiger partial charge in [0.1, 0.15) is 0 Å². The van der Waals surface area contributed by atoms with E-state index in [0.717, 1.165) is 13.0 Å². The van der Waals surface area contributed by atoms with Crippen molar-refractivity contribution < 1.29 is 0 Å². The van der Waals surface area contributed by atoms with Crippen molar-refractivity contribution in [3.05, 3.63) is 57.8 Å². The van der Waals surface area contributed by atoms with Gasteiger partial charge in [-0.25, -0.2) is 0 Å². The predicted molar refractivity (Wildman–Crippen MR) is 80.2 cm³/mol. The van der Waals surface area contributed by atoms with E-state index in [1.165, 1.54) is 23.1 Å². The van der Waals surface area contributed by atoms with Gasteiger partial charge in [-0.3, -0.25) is 0 Å². The van der Waals surface area contributed by atoms with Crippen LogP contribution in [0.2, 0.25) is 0 Å². The molecule has 0 aliphatic carbocycles. The maximum Gasteiger partial charge on any atom is 0.0369 e. The van der Waals surface area contributed by atoms with Gasteiger partial charge in [0.05, 0.1) is 0 Å². The Balaban J connectivity index is 2.13. The zero-order chi connectivity index (χ0) is 12.8. The van der Waals surface area contributed by atoms with Gasteiger partial charge in [-0.2, -0.15) is 11.3 Å². The first-order valence-corrected chi connectivity index (χ1v) is 7.55. The number of nitrogens with one attached hydrogen (secondary N) is 1. The summed E-state index contributed by atoms with van der Waals surface area (Å²) in [6.07, 6.45) is 2.25. The second-order valence-electron chi connectivity index (χ2n) is 4.69. The molecule has 1 N–H and O–H groups in total. The topological polar surface area (TPSA) is 12.0 Å². The molecule has 2 heteroatoms. The van der Waals surface area contributed by atoms with E-state index in [-0.39, 0.29) is 0 Å². The zero-order valence-corrected chi connectivity index (χ0v) is 12.0. The van der Waals surface area contributed by atoms with Gasteiger partial charge in [0.25, 0.3) is 0 Å². The molecule has 0 spiro atoms. The Bertz CT molecular complexity index is 462. The first-order valence-electron chi connectivity index (χ1n) is 6.61. The van der Waals surface area contributed by atoms with Gasteiger partial charge in [0, 0.05) is 6.04 Å². The van der Waals surface area contributed by atoms with Crippen LogP contribution in [0.3, 0.4) is 0 Å². The van der Waals surface area contributed by atoms with Crippen LogP contribution >= 0.6 is 11.3 Å². The molecule has 0 bridgehead atoms. The molecule has 0 fully saturated rings. The Kier molecular flexibility index (Phi) is 4.97. The Morgan fingerprint density at radius 1 is 1.22 bits per heavy atom. The van der Waals surface area contributed by atoms with E-state index >= 15 is 0 Å². The summed E-state index contributed by atoms with van der Waals surface area (Å²) in [4.78, 5) is 0. The van der Waals surface area contributed by atoms with Crippen molar-refractivity contribution in [1.82, 2.24) is 5.32 Å². The standard InChI is InChI=1S/C16H21NS/c1-3-9-17-16(15-8-10-18-12-15)11-14-7-5-4-6-13(14)2/h4-8,10,12,16-17H,3,9,11H2,1-2H3. The van der Waals surface area contributed by atoms with Crippen LogP contribution in [0.5, 0.6) is 0 Å². The maximum atomic E-state index is 3.65. The third kappa shape index (κ3) is 3.44. The lowest BCUT2D eigenvalue weighted by Crippen LogP contribution is -2.23. The van der Waals surface area contributed by atoms with Gasteiger partial charge in [-0.1, -0.05) is 31.2 Å². The molecule has 0 aliphatic heterocycles. The predicted octanol–water partition coefficient (Wildman–Crippen LogP) is 4.34. The largest absolute Gasteiger partial charge is 0.310 e. The summed E-state index contributed by atoms with van der Waals surface area (Å²) >= 11 is 1.78. The molecule has 96 valence electrons. The van der Waals surface area contributed by atoms with Crippen LogP contribution in [-0.2, 0) is 6.42 Å². The van der Waals surface area contributed by atoms with Crippen molar-refractivity contribution in [1.29, 1.82) is 0 Å². The van der Waals surface area contributed by atoms with E-state index in [4.69, 9.17) is 0 Å². The number of hydrogen-bond acceptors (Lipinski definition) is 2. The van der Waals surface area contributed by atoms with Gasteiger partial charge < -0.3 is 5.32 Å². The molecular formula is C16H21NS. The molecule has 2 rings (SSSR count). The molecule has 0 saturated heterocycles. The molecule has 0 aliphatic rings. The molecule has 1 aromatic carbocycles. The second-order valence-corrected chi connectivity index (χ2v) is 5.47. The summed E-state index contributed by atoms with van der Waals surface area (Å²) in [7, 11) is 0. The lowest BCUT2D eigenvalue weighted by atomic mass is 9.97. The fourth-order valence-electron chi connectivity index (χ4n) is 2.16. The Labute approximate surface area is 114 Å². The Morgan fingerprint density at radius 2 is 2.06 bits per heavy atom. The minimum Gasteiger partial charge on any atom is -0.310 e. The first-order chi connectivity index (χ1) is 8.81. The number of rotatable bonds is 6. The van der Waals surface area contributed by atoms with Crippen molar-refractivity contribution in [2.45, 2.75) is 32.7 Å². The zero-order valence-electron chi connectivity index (χ0n) is 11.1. The van der Waals surface area contributed by atoms with Crippen molar-refractivity contribution in [3.8, 4) is 0 Å². The molecule has 1 unspecified atom stereocenters. The molecule has 18 heavy (non-hydrogen) atoms. The van der Waals surface area contributed by atoms with Gasteiger partial charge in [-0.15, -0.1) is 0 Å². The van der Waals surface area contributed by atoms with Crippen molar-refractivity contribution in [2.75, 3.05) is 6.54 Å². The average Bonchev–Trinajstić information content (AvgIpc) is 2.90. The SMILES string of the molecule is CCCNC(Cc1ccccc1C)c1ccsc1. The lowest BCUT2D eigenvalue weighted by molar-refractivity contribution is 0.529. The van der Waals surface area contributed by atoms with Crippen LogP contribution in [0.1, 0.15) is 36.1 Å². The van der Waals surface area contributed by atoms with Crippen molar-refractivity contribution in [3.63, 3.8) is 0 Å². The summed E-state index contributed by atoms with van der Waals surface area (Å²) in [6, 6.07) is 11.3. The van der Waals surface area contributed by atoms with Crippen LogP contribution in [0.25, 0.3) is 0 Å². The summed E-state index contributed by atoms with van der Waals surface area (Å²) in [5.41, 5.74) is 4.24. The molecule has 1 atom stereocenters. The second kappa shape index (κ2) is 6.72. The van der Waals surface area contributed by atoms with E-state index < -0.39 is 0 Å². The van der Waals surface area contributed by atoms with E-state index in [1.54, 1.807) is 11.3 Å². The first kappa shape index (κ1) is 13.3.